The van der Waals surface area contributed by atoms with E-state index in [-0.39, 0.29) is 5.69 Å². The minimum absolute atomic E-state index is 0.136. The van der Waals surface area contributed by atoms with Gasteiger partial charge >= 0.3 is 0 Å². The molecule has 0 bridgehead atoms. The Morgan fingerprint density at radius 2 is 1.76 bits per heavy atom. The number of fused-ring (bicyclic) bond motifs is 1. The molecular formula is C16H13F2N3. The molecule has 0 atom stereocenters. The maximum atomic E-state index is 13.5. The van der Waals surface area contributed by atoms with Crippen LogP contribution in [-0.2, 0) is 6.42 Å². The van der Waals surface area contributed by atoms with Crippen LogP contribution < -0.4 is 5.32 Å². The molecule has 0 aliphatic heterocycles. The first-order chi connectivity index (χ1) is 10.3. The number of benzene rings is 1. The van der Waals surface area contributed by atoms with E-state index < -0.39 is 11.6 Å². The summed E-state index contributed by atoms with van der Waals surface area (Å²) in [5.41, 5.74) is 1.86. The van der Waals surface area contributed by atoms with Gasteiger partial charge in [0, 0.05) is 18.1 Å². The molecule has 2 aromatic heterocycles. The van der Waals surface area contributed by atoms with Crippen molar-refractivity contribution in [1.29, 1.82) is 0 Å². The molecule has 0 amide bonds. The zero-order valence-electron chi connectivity index (χ0n) is 11.2. The minimum Gasteiger partial charge on any atom is -0.380 e. The van der Waals surface area contributed by atoms with E-state index >= 15 is 0 Å². The molecule has 2 heterocycles. The summed E-state index contributed by atoms with van der Waals surface area (Å²) in [5, 5.41) is 3.84. The molecule has 3 aromatic rings. The number of aromatic nitrogens is 2. The van der Waals surface area contributed by atoms with E-state index in [0.29, 0.717) is 13.0 Å². The van der Waals surface area contributed by atoms with Gasteiger partial charge in [0.15, 0.2) is 11.6 Å². The van der Waals surface area contributed by atoms with Gasteiger partial charge in [-0.2, -0.15) is 0 Å². The molecule has 5 heteroatoms. The molecule has 0 radical (unpaired) electrons. The largest absolute Gasteiger partial charge is 0.380 e. The Morgan fingerprint density at radius 1 is 1.00 bits per heavy atom. The third-order valence-electron chi connectivity index (χ3n) is 3.29. The maximum absolute atomic E-state index is 13.5. The molecule has 1 aromatic carbocycles. The Kier molecular flexibility index (Phi) is 3.73. The van der Waals surface area contributed by atoms with Crippen LogP contribution in [0.2, 0.25) is 0 Å². The SMILES string of the molecule is Fc1cncc(F)c1NCCc1ccnc2ccccc12. The fourth-order valence-corrected chi connectivity index (χ4v) is 2.28. The Labute approximate surface area is 120 Å². The zero-order chi connectivity index (χ0) is 14.7. The van der Waals surface area contributed by atoms with Crippen LogP contribution in [0, 0.1) is 11.6 Å². The predicted molar refractivity (Wildman–Crippen MR) is 78.1 cm³/mol. The van der Waals surface area contributed by atoms with E-state index in [4.69, 9.17) is 0 Å². The summed E-state index contributed by atoms with van der Waals surface area (Å²) in [7, 11) is 0. The van der Waals surface area contributed by atoms with Gasteiger partial charge in [0.2, 0.25) is 0 Å². The highest BCUT2D eigenvalue weighted by Crippen LogP contribution is 2.19. The summed E-state index contributed by atoms with van der Waals surface area (Å²) in [6.07, 6.45) is 4.37. The topological polar surface area (TPSA) is 37.8 Å². The Morgan fingerprint density at radius 3 is 2.57 bits per heavy atom. The molecule has 0 saturated carbocycles. The summed E-state index contributed by atoms with van der Waals surface area (Å²) >= 11 is 0. The van der Waals surface area contributed by atoms with Crippen molar-refractivity contribution in [3.8, 4) is 0 Å². The first-order valence-corrected chi connectivity index (χ1v) is 6.61. The van der Waals surface area contributed by atoms with Crippen LogP contribution in [0.1, 0.15) is 5.56 Å². The Hall–Kier alpha value is -2.56. The van der Waals surface area contributed by atoms with E-state index in [9.17, 15) is 8.78 Å². The van der Waals surface area contributed by atoms with Crippen LogP contribution in [-0.4, -0.2) is 16.5 Å². The molecule has 0 aliphatic carbocycles. The number of nitrogens with one attached hydrogen (secondary N) is 1. The molecule has 3 rings (SSSR count). The number of anilines is 1. The molecule has 1 N–H and O–H groups in total. The highest BCUT2D eigenvalue weighted by atomic mass is 19.1. The van der Waals surface area contributed by atoms with Crippen LogP contribution in [0.5, 0.6) is 0 Å². The average Bonchev–Trinajstić information content (AvgIpc) is 2.50. The summed E-state index contributed by atoms with van der Waals surface area (Å²) in [5.74, 6) is -1.37. The molecule has 21 heavy (non-hydrogen) atoms. The van der Waals surface area contributed by atoms with Crippen molar-refractivity contribution in [2.75, 3.05) is 11.9 Å². The summed E-state index contributed by atoms with van der Waals surface area (Å²) < 4.78 is 26.9. The molecule has 0 aliphatic rings. The minimum atomic E-state index is -0.686. The van der Waals surface area contributed by atoms with Crippen molar-refractivity contribution in [1.82, 2.24) is 9.97 Å². The van der Waals surface area contributed by atoms with Gasteiger partial charge in [-0.1, -0.05) is 18.2 Å². The monoisotopic (exact) mass is 285 g/mol. The number of hydrogen-bond acceptors (Lipinski definition) is 3. The van der Waals surface area contributed by atoms with Gasteiger partial charge in [0.05, 0.1) is 17.9 Å². The van der Waals surface area contributed by atoms with E-state index in [1.807, 2.05) is 30.3 Å². The molecule has 0 unspecified atom stereocenters. The Bertz CT molecular complexity index is 749. The molecule has 106 valence electrons. The van der Waals surface area contributed by atoms with Gasteiger partial charge < -0.3 is 5.32 Å². The summed E-state index contributed by atoms with van der Waals surface area (Å²) in [6, 6.07) is 9.73. The number of hydrogen-bond donors (Lipinski definition) is 1. The van der Waals surface area contributed by atoms with Crippen molar-refractivity contribution in [2.45, 2.75) is 6.42 Å². The number of pyridine rings is 2. The third-order valence-corrected chi connectivity index (χ3v) is 3.29. The fourth-order valence-electron chi connectivity index (χ4n) is 2.28. The quantitative estimate of drug-likeness (QED) is 0.796. The average molecular weight is 285 g/mol. The van der Waals surface area contributed by atoms with Gasteiger partial charge in [-0.3, -0.25) is 9.97 Å². The molecule has 0 spiro atoms. The molecule has 0 saturated heterocycles. The number of nitrogens with zero attached hydrogens (tertiary/aromatic N) is 2. The molecular weight excluding hydrogens is 272 g/mol. The smallest absolute Gasteiger partial charge is 0.167 e. The lowest BCUT2D eigenvalue weighted by Crippen LogP contribution is -2.09. The van der Waals surface area contributed by atoms with Gasteiger partial charge in [0.1, 0.15) is 5.69 Å². The summed E-state index contributed by atoms with van der Waals surface area (Å²) in [6.45, 7) is 0.422. The normalized spacial score (nSPS) is 10.8. The predicted octanol–water partition coefficient (Wildman–Crippen LogP) is 3.56. The zero-order valence-corrected chi connectivity index (χ0v) is 11.2. The van der Waals surface area contributed by atoms with Crippen molar-refractivity contribution in [3.05, 3.63) is 66.1 Å². The molecule has 0 fully saturated rings. The fraction of sp³-hybridized carbons (Fsp3) is 0.125. The summed E-state index contributed by atoms with van der Waals surface area (Å²) in [4.78, 5) is 7.74. The lowest BCUT2D eigenvalue weighted by atomic mass is 10.1. The van der Waals surface area contributed by atoms with Gasteiger partial charge in [-0.05, 0) is 24.1 Å². The first kappa shape index (κ1) is 13.4. The van der Waals surface area contributed by atoms with Crippen molar-refractivity contribution in [2.24, 2.45) is 0 Å². The van der Waals surface area contributed by atoms with E-state index in [0.717, 1.165) is 28.9 Å². The highest BCUT2D eigenvalue weighted by Gasteiger charge is 2.08. The van der Waals surface area contributed by atoms with Crippen LogP contribution in [0.3, 0.4) is 0 Å². The van der Waals surface area contributed by atoms with Crippen molar-refractivity contribution in [3.63, 3.8) is 0 Å². The number of para-hydroxylation sites is 1. The second-order valence-corrected chi connectivity index (χ2v) is 4.64. The second-order valence-electron chi connectivity index (χ2n) is 4.64. The highest BCUT2D eigenvalue weighted by molar-refractivity contribution is 5.81. The first-order valence-electron chi connectivity index (χ1n) is 6.61. The lowest BCUT2D eigenvalue weighted by Gasteiger charge is -2.09. The van der Waals surface area contributed by atoms with Gasteiger partial charge in [0.25, 0.3) is 0 Å². The van der Waals surface area contributed by atoms with E-state index in [1.54, 1.807) is 6.20 Å². The van der Waals surface area contributed by atoms with Crippen LogP contribution in [0.15, 0.2) is 48.9 Å². The standard InChI is InChI=1S/C16H13F2N3/c17-13-9-19-10-14(18)16(13)21-8-6-11-5-7-20-15-4-2-1-3-12(11)15/h1-5,7,9-10H,6,8H2,(H,19,21). The number of halogens is 2. The van der Waals surface area contributed by atoms with Gasteiger partial charge in [-0.25, -0.2) is 8.78 Å². The van der Waals surface area contributed by atoms with Crippen molar-refractivity contribution >= 4 is 16.6 Å². The van der Waals surface area contributed by atoms with Crippen LogP contribution >= 0.6 is 0 Å². The Balaban J connectivity index is 1.76. The second kappa shape index (κ2) is 5.83. The maximum Gasteiger partial charge on any atom is 0.167 e. The van der Waals surface area contributed by atoms with E-state index in [2.05, 4.69) is 15.3 Å². The van der Waals surface area contributed by atoms with E-state index in [1.165, 1.54) is 0 Å². The molecule has 3 nitrogen and oxygen atoms in total. The van der Waals surface area contributed by atoms with Crippen molar-refractivity contribution < 1.29 is 8.78 Å². The lowest BCUT2D eigenvalue weighted by molar-refractivity contribution is 0.578. The van der Waals surface area contributed by atoms with Crippen LogP contribution in [0.4, 0.5) is 14.5 Å². The van der Waals surface area contributed by atoms with Crippen LogP contribution in [0.25, 0.3) is 10.9 Å². The number of rotatable bonds is 4. The van der Waals surface area contributed by atoms with Gasteiger partial charge in [-0.15, -0.1) is 0 Å². The third kappa shape index (κ3) is 2.81.